The lowest BCUT2D eigenvalue weighted by Crippen LogP contribution is -2.33. The van der Waals surface area contributed by atoms with Gasteiger partial charge in [-0.1, -0.05) is 0 Å². The SMILES string of the molecule is CC(C(=O)N1CCCC1)n1ccnc1. The Morgan fingerprint density at radius 3 is 2.71 bits per heavy atom. The van der Waals surface area contributed by atoms with Gasteiger partial charge in [0.05, 0.1) is 6.33 Å². The van der Waals surface area contributed by atoms with Crippen LogP contribution in [0.2, 0.25) is 0 Å². The summed E-state index contributed by atoms with van der Waals surface area (Å²) in [6, 6.07) is -0.115. The highest BCUT2D eigenvalue weighted by atomic mass is 16.2. The van der Waals surface area contributed by atoms with E-state index in [0.717, 1.165) is 25.9 Å². The van der Waals surface area contributed by atoms with Crippen molar-refractivity contribution in [3.8, 4) is 0 Å². The molecule has 0 aromatic carbocycles. The maximum atomic E-state index is 11.9. The molecule has 1 unspecified atom stereocenters. The first-order valence-electron chi connectivity index (χ1n) is 5.05. The lowest BCUT2D eigenvalue weighted by Gasteiger charge is -2.20. The molecule has 1 atom stereocenters. The number of likely N-dealkylation sites (tertiary alicyclic amines) is 1. The van der Waals surface area contributed by atoms with E-state index in [1.807, 2.05) is 22.6 Å². The molecule has 4 heteroatoms. The van der Waals surface area contributed by atoms with E-state index in [2.05, 4.69) is 4.98 Å². The third-order valence-electron chi connectivity index (χ3n) is 2.75. The first kappa shape index (κ1) is 9.24. The first-order valence-corrected chi connectivity index (χ1v) is 5.05. The fraction of sp³-hybridized carbons (Fsp3) is 0.600. The molecular weight excluding hydrogens is 178 g/mol. The summed E-state index contributed by atoms with van der Waals surface area (Å²) in [6.45, 7) is 3.75. The van der Waals surface area contributed by atoms with E-state index >= 15 is 0 Å². The summed E-state index contributed by atoms with van der Waals surface area (Å²) in [5, 5.41) is 0. The van der Waals surface area contributed by atoms with Gasteiger partial charge >= 0.3 is 0 Å². The highest BCUT2D eigenvalue weighted by Crippen LogP contribution is 2.14. The number of amides is 1. The van der Waals surface area contributed by atoms with Gasteiger partial charge in [-0.15, -0.1) is 0 Å². The maximum Gasteiger partial charge on any atom is 0.245 e. The third-order valence-corrected chi connectivity index (χ3v) is 2.75. The molecule has 76 valence electrons. The van der Waals surface area contributed by atoms with Crippen molar-refractivity contribution in [3.05, 3.63) is 18.7 Å². The van der Waals surface area contributed by atoms with Gasteiger partial charge in [-0.3, -0.25) is 4.79 Å². The lowest BCUT2D eigenvalue weighted by atomic mass is 10.3. The highest BCUT2D eigenvalue weighted by molar-refractivity contribution is 5.80. The fourth-order valence-corrected chi connectivity index (χ4v) is 1.83. The van der Waals surface area contributed by atoms with Crippen LogP contribution in [0, 0.1) is 0 Å². The summed E-state index contributed by atoms with van der Waals surface area (Å²) in [5.41, 5.74) is 0. The van der Waals surface area contributed by atoms with Crippen LogP contribution in [0.3, 0.4) is 0 Å². The molecule has 14 heavy (non-hydrogen) atoms. The molecule has 1 saturated heterocycles. The average Bonchev–Trinajstić information content (AvgIpc) is 2.87. The van der Waals surface area contributed by atoms with Crippen molar-refractivity contribution in [2.45, 2.75) is 25.8 Å². The summed E-state index contributed by atoms with van der Waals surface area (Å²) >= 11 is 0. The van der Waals surface area contributed by atoms with Gasteiger partial charge in [0, 0.05) is 25.5 Å². The molecule has 0 bridgehead atoms. The topological polar surface area (TPSA) is 38.1 Å². The Morgan fingerprint density at radius 1 is 1.43 bits per heavy atom. The standard InChI is InChI=1S/C10H15N3O/c1-9(13-7-4-11-8-13)10(14)12-5-2-3-6-12/h4,7-9H,2-3,5-6H2,1H3. The molecular formula is C10H15N3O. The predicted octanol–water partition coefficient (Wildman–Crippen LogP) is 1.07. The van der Waals surface area contributed by atoms with Crippen LogP contribution in [0.15, 0.2) is 18.7 Å². The lowest BCUT2D eigenvalue weighted by molar-refractivity contribution is -0.133. The van der Waals surface area contributed by atoms with Crippen LogP contribution in [0.25, 0.3) is 0 Å². The summed E-state index contributed by atoms with van der Waals surface area (Å²) < 4.78 is 1.85. The molecule has 1 amide bonds. The Labute approximate surface area is 83.5 Å². The van der Waals surface area contributed by atoms with Crippen LogP contribution in [-0.2, 0) is 4.79 Å². The Morgan fingerprint density at radius 2 is 2.14 bits per heavy atom. The van der Waals surface area contributed by atoms with Gasteiger partial charge in [-0.05, 0) is 19.8 Å². The van der Waals surface area contributed by atoms with Crippen LogP contribution in [-0.4, -0.2) is 33.4 Å². The Kier molecular flexibility index (Phi) is 2.52. The van der Waals surface area contributed by atoms with E-state index in [0.29, 0.717) is 0 Å². The van der Waals surface area contributed by atoms with Gasteiger partial charge in [0.25, 0.3) is 0 Å². The van der Waals surface area contributed by atoms with Crippen molar-refractivity contribution in [1.82, 2.24) is 14.5 Å². The normalized spacial score (nSPS) is 18.5. The second-order valence-electron chi connectivity index (χ2n) is 3.72. The number of carbonyl (C=O) groups is 1. The third kappa shape index (κ3) is 1.64. The van der Waals surface area contributed by atoms with Gasteiger partial charge in [0.15, 0.2) is 0 Å². The Balaban J connectivity index is 2.04. The fourth-order valence-electron chi connectivity index (χ4n) is 1.83. The second kappa shape index (κ2) is 3.82. The summed E-state index contributed by atoms with van der Waals surface area (Å²) in [4.78, 5) is 17.8. The monoisotopic (exact) mass is 193 g/mol. The number of hydrogen-bond acceptors (Lipinski definition) is 2. The predicted molar refractivity (Wildman–Crippen MR) is 52.8 cm³/mol. The second-order valence-corrected chi connectivity index (χ2v) is 3.72. The quantitative estimate of drug-likeness (QED) is 0.704. The van der Waals surface area contributed by atoms with Crippen molar-refractivity contribution in [1.29, 1.82) is 0 Å². The van der Waals surface area contributed by atoms with E-state index in [4.69, 9.17) is 0 Å². The largest absolute Gasteiger partial charge is 0.341 e. The van der Waals surface area contributed by atoms with Crippen LogP contribution in [0.4, 0.5) is 0 Å². The van der Waals surface area contributed by atoms with Crippen molar-refractivity contribution < 1.29 is 4.79 Å². The molecule has 1 aliphatic rings. The zero-order valence-electron chi connectivity index (χ0n) is 8.39. The highest BCUT2D eigenvalue weighted by Gasteiger charge is 2.23. The van der Waals surface area contributed by atoms with Crippen LogP contribution in [0.5, 0.6) is 0 Å². The molecule has 1 fully saturated rings. The zero-order chi connectivity index (χ0) is 9.97. The van der Waals surface area contributed by atoms with E-state index < -0.39 is 0 Å². The van der Waals surface area contributed by atoms with Crippen molar-refractivity contribution >= 4 is 5.91 Å². The van der Waals surface area contributed by atoms with Gasteiger partial charge in [-0.2, -0.15) is 0 Å². The molecule has 1 aromatic heterocycles. The Hall–Kier alpha value is -1.32. The molecule has 0 aliphatic carbocycles. The van der Waals surface area contributed by atoms with E-state index in [-0.39, 0.29) is 11.9 Å². The van der Waals surface area contributed by atoms with Crippen molar-refractivity contribution in [3.63, 3.8) is 0 Å². The molecule has 0 radical (unpaired) electrons. The van der Waals surface area contributed by atoms with Gasteiger partial charge in [-0.25, -0.2) is 4.98 Å². The van der Waals surface area contributed by atoms with Crippen LogP contribution in [0.1, 0.15) is 25.8 Å². The van der Waals surface area contributed by atoms with Crippen molar-refractivity contribution in [2.24, 2.45) is 0 Å². The van der Waals surface area contributed by atoms with E-state index in [1.54, 1.807) is 12.5 Å². The number of aromatic nitrogens is 2. The zero-order valence-corrected chi connectivity index (χ0v) is 8.39. The number of carbonyl (C=O) groups excluding carboxylic acids is 1. The molecule has 0 spiro atoms. The average molecular weight is 193 g/mol. The van der Waals surface area contributed by atoms with Crippen molar-refractivity contribution in [2.75, 3.05) is 13.1 Å². The number of nitrogens with zero attached hydrogens (tertiary/aromatic N) is 3. The minimum absolute atomic E-state index is 0.115. The maximum absolute atomic E-state index is 11.9. The molecule has 1 aromatic rings. The summed E-state index contributed by atoms with van der Waals surface area (Å²) in [5.74, 6) is 0.209. The summed E-state index contributed by atoms with van der Waals surface area (Å²) in [6.07, 6.45) is 7.51. The minimum atomic E-state index is -0.115. The number of imidazole rings is 1. The Bertz CT molecular complexity index is 301. The summed E-state index contributed by atoms with van der Waals surface area (Å²) in [7, 11) is 0. The molecule has 4 nitrogen and oxygen atoms in total. The number of rotatable bonds is 2. The van der Waals surface area contributed by atoms with E-state index in [9.17, 15) is 4.79 Å². The smallest absolute Gasteiger partial charge is 0.245 e. The molecule has 2 rings (SSSR count). The van der Waals surface area contributed by atoms with Crippen LogP contribution >= 0.6 is 0 Å². The number of hydrogen-bond donors (Lipinski definition) is 0. The van der Waals surface area contributed by atoms with Gasteiger partial charge in [0.2, 0.25) is 5.91 Å². The first-order chi connectivity index (χ1) is 6.79. The van der Waals surface area contributed by atoms with Crippen LogP contribution < -0.4 is 0 Å². The minimum Gasteiger partial charge on any atom is -0.341 e. The van der Waals surface area contributed by atoms with E-state index in [1.165, 1.54) is 0 Å². The molecule has 0 saturated carbocycles. The van der Waals surface area contributed by atoms with Gasteiger partial charge in [0.1, 0.15) is 6.04 Å². The molecule has 1 aliphatic heterocycles. The molecule has 2 heterocycles. The van der Waals surface area contributed by atoms with Gasteiger partial charge < -0.3 is 9.47 Å². The molecule has 0 N–H and O–H groups in total.